The molecule has 0 spiro atoms. The van der Waals surface area contributed by atoms with Crippen LogP contribution in [0.5, 0.6) is 0 Å². The van der Waals surface area contributed by atoms with E-state index in [1.165, 1.54) is 295 Å². The Morgan fingerprint density at radius 3 is 0.641 bits per heavy atom. The molecule has 0 aliphatic rings. The van der Waals surface area contributed by atoms with Crippen molar-refractivity contribution in [2.45, 2.75) is 406 Å². The highest BCUT2D eigenvalue weighted by Gasteiger charge is 2.19. The Morgan fingerprint density at radius 1 is 0.244 bits per heavy atom. The second-order valence-electron chi connectivity index (χ2n) is 24.1. The van der Waals surface area contributed by atoms with Crippen LogP contribution in [0.1, 0.15) is 400 Å². The highest BCUT2D eigenvalue weighted by Crippen LogP contribution is 2.18. The van der Waals surface area contributed by atoms with Gasteiger partial charge in [0.15, 0.2) is 6.10 Å². The summed E-state index contributed by atoms with van der Waals surface area (Å²) in [6, 6.07) is 0. The first-order chi connectivity index (χ1) is 38.5. The molecule has 0 N–H and O–H groups in total. The number of carbonyl (C=O) groups is 3. The van der Waals surface area contributed by atoms with Crippen molar-refractivity contribution in [2.75, 3.05) is 13.2 Å². The third kappa shape index (κ3) is 64.7. The summed E-state index contributed by atoms with van der Waals surface area (Å²) >= 11 is 0. The fourth-order valence-electron chi connectivity index (χ4n) is 10.8. The van der Waals surface area contributed by atoms with E-state index in [0.717, 1.165) is 64.2 Å². The number of hydrogen-bond acceptors (Lipinski definition) is 6. The fourth-order valence-corrected chi connectivity index (χ4v) is 10.8. The van der Waals surface area contributed by atoms with E-state index in [0.29, 0.717) is 19.3 Å². The first-order valence-corrected chi connectivity index (χ1v) is 35.3. The van der Waals surface area contributed by atoms with Crippen molar-refractivity contribution in [3.05, 3.63) is 24.3 Å². The van der Waals surface area contributed by atoms with E-state index in [-0.39, 0.29) is 31.1 Å². The summed E-state index contributed by atoms with van der Waals surface area (Å²) in [4.78, 5) is 38.4. The molecule has 6 nitrogen and oxygen atoms in total. The lowest BCUT2D eigenvalue weighted by Gasteiger charge is -2.18. The quantitative estimate of drug-likeness (QED) is 0.0261. The maximum atomic E-state index is 12.9. The molecule has 0 aliphatic heterocycles. The lowest BCUT2D eigenvalue weighted by molar-refractivity contribution is -0.167. The van der Waals surface area contributed by atoms with E-state index in [9.17, 15) is 14.4 Å². The number of rotatable bonds is 66. The van der Waals surface area contributed by atoms with E-state index < -0.39 is 6.10 Å². The molecular formula is C72H136O6. The molecule has 0 fully saturated rings. The summed E-state index contributed by atoms with van der Waals surface area (Å²) in [5.74, 6) is -0.849. The van der Waals surface area contributed by atoms with Gasteiger partial charge in [0.05, 0.1) is 0 Å². The van der Waals surface area contributed by atoms with Crippen molar-refractivity contribution in [2.24, 2.45) is 0 Å². The molecule has 0 heterocycles. The van der Waals surface area contributed by atoms with Gasteiger partial charge in [0.25, 0.3) is 0 Å². The number of hydrogen-bond donors (Lipinski definition) is 0. The molecule has 0 amide bonds. The van der Waals surface area contributed by atoms with Crippen molar-refractivity contribution in [3.8, 4) is 0 Å². The molecule has 0 aromatic rings. The van der Waals surface area contributed by atoms with Gasteiger partial charge < -0.3 is 14.2 Å². The fraction of sp³-hybridized carbons (Fsp3) is 0.903. The first kappa shape index (κ1) is 75.9. The Hall–Kier alpha value is -2.11. The largest absolute Gasteiger partial charge is 0.462 e. The summed E-state index contributed by atoms with van der Waals surface area (Å²) in [5, 5.41) is 0. The molecule has 0 aromatic carbocycles. The molecule has 460 valence electrons. The van der Waals surface area contributed by atoms with Gasteiger partial charge in [0, 0.05) is 19.3 Å². The lowest BCUT2D eigenvalue weighted by Crippen LogP contribution is -2.30. The molecular weight excluding hydrogens is 961 g/mol. The van der Waals surface area contributed by atoms with E-state index >= 15 is 0 Å². The number of allylic oxidation sites excluding steroid dienone is 4. The summed E-state index contributed by atoms with van der Waals surface area (Å²) < 4.78 is 17.0. The van der Waals surface area contributed by atoms with Crippen LogP contribution in [0, 0.1) is 0 Å². The van der Waals surface area contributed by atoms with Gasteiger partial charge in [0.2, 0.25) is 0 Å². The molecule has 0 saturated heterocycles. The zero-order valence-electron chi connectivity index (χ0n) is 53.0. The molecule has 1 atom stereocenters. The predicted octanol–water partition coefficient (Wildman–Crippen LogP) is 24.2. The highest BCUT2D eigenvalue weighted by molar-refractivity contribution is 5.71. The molecule has 0 radical (unpaired) electrons. The van der Waals surface area contributed by atoms with E-state index in [4.69, 9.17) is 14.2 Å². The Kier molecular flexibility index (Phi) is 65.6. The van der Waals surface area contributed by atoms with Crippen molar-refractivity contribution >= 4 is 17.9 Å². The molecule has 0 saturated carbocycles. The predicted molar refractivity (Wildman–Crippen MR) is 340 cm³/mol. The van der Waals surface area contributed by atoms with Crippen molar-refractivity contribution < 1.29 is 28.6 Å². The smallest absolute Gasteiger partial charge is 0.306 e. The van der Waals surface area contributed by atoms with Gasteiger partial charge >= 0.3 is 17.9 Å². The van der Waals surface area contributed by atoms with Crippen LogP contribution in [0.4, 0.5) is 0 Å². The second-order valence-corrected chi connectivity index (χ2v) is 24.1. The molecule has 6 heteroatoms. The van der Waals surface area contributed by atoms with Crippen molar-refractivity contribution in [1.29, 1.82) is 0 Å². The Labute approximate surface area is 487 Å². The van der Waals surface area contributed by atoms with Crippen molar-refractivity contribution in [1.82, 2.24) is 0 Å². The molecule has 1 unspecified atom stereocenters. The SMILES string of the molecule is CCCCCCCC/C=C\CCCCCCCC(=O)OCC(COC(=O)CCCCCCCCCCCCCCCCCCCCCCCCCC)OC(=O)CCCCCCCCCCC/C=C\CCCCCCCCCC. The number of unbranched alkanes of at least 4 members (excludes halogenated alkanes) is 51. The first-order valence-electron chi connectivity index (χ1n) is 35.3. The van der Waals surface area contributed by atoms with E-state index in [2.05, 4.69) is 45.1 Å². The van der Waals surface area contributed by atoms with Gasteiger partial charge in [-0.3, -0.25) is 14.4 Å². The van der Waals surface area contributed by atoms with Gasteiger partial charge in [0.1, 0.15) is 13.2 Å². The van der Waals surface area contributed by atoms with Gasteiger partial charge in [-0.25, -0.2) is 0 Å². The van der Waals surface area contributed by atoms with Crippen molar-refractivity contribution in [3.63, 3.8) is 0 Å². The Balaban J connectivity index is 4.27. The highest BCUT2D eigenvalue weighted by atomic mass is 16.6. The maximum absolute atomic E-state index is 12.9. The standard InChI is InChI=1S/C72H136O6/c1-4-7-10-13-16-19-22-25-28-30-32-34-35-36-38-39-41-44-47-50-53-56-59-62-65-71(74)77-68-69(67-76-70(73)64-61-58-55-52-49-46-43-27-24-21-18-15-12-9-6-3)78-72(75)66-63-60-57-54-51-48-45-42-40-37-33-31-29-26-23-20-17-14-11-8-5-2/h27,31,33,43,69H,4-26,28-30,32,34-42,44-68H2,1-3H3/b33-31-,43-27-. The van der Waals surface area contributed by atoms with Crippen LogP contribution in [0.2, 0.25) is 0 Å². The molecule has 0 aliphatic carbocycles. The number of carbonyl (C=O) groups excluding carboxylic acids is 3. The van der Waals surface area contributed by atoms with E-state index in [1.54, 1.807) is 0 Å². The van der Waals surface area contributed by atoms with Crippen LogP contribution >= 0.6 is 0 Å². The summed E-state index contributed by atoms with van der Waals surface area (Å²) in [6.07, 6.45) is 82.0. The maximum Gasteiger partial charge on any atom is 0.306 e. The number of ether oxygens (including phenoxy) is 3. The van der Waals surface area contributed by atoms with Crippen LogP contribution in [0.25, 0.3) is 0 Å². The third-order valence-corrected chi connectivity index (χ3v) is 16.2. The van der Waals surface area contributed by atoms with Gasteiger partial charge in [-0.05, 0) is 70.6 Å². The lowest BCUT2D eigenvalue weighted by atomic mass is 10.0. The zero-order valence-corrected chi connectivity index (χ0v) is 53.0. The minimum atomic E-state index is -0.774. The second kappa shape index (κ2) is 67.4. The van der Waals surface area contributed by atoms with Gasteiger partial charge in [-0.2, -0.15) is 0 Å². The van der Waals surface area contributed by atoms with Crippen LogP contribution in [-0.2, 0) is 28.6 Å². The topological polar surface area (TPSA) is 78.9 Å². The molecule has 0 aromatic heterocycles. The van der Waals surface area contributed by atoms with Crippen LogP contribution in [0.3, 0.4) is 0 Å². The van der Waals surface area contributed by atoms with Crippen LogP contribution in [0.15, 0.2) is 24.3 Å². The van der Waals surface area contributed by atoms with Gasteiger partial charge in [-0.1, -0.05) is 334 Å². The Morgan fingerprint density at radius 2 is 0.423 bits per heavy atom. The van der Waals surface area contributed by atoms with Crippen LogP contribution in [-0.4, -0.2) is 37.2 Å². The summed E-state index contributed by atoms with van der Waals surface area (Å²) in [6.45, 7) is 6.71. The minimum Gasteiger partial charge on any atom is -0.462 e. The van der Waals surface area contributed by atoms with Gasteiger partial charge in [-0.15, -0.1) is 0 Å². The van der Waals surface area contributed by atoms with Crippen LogP contribution < -0.4 is 0 Å². The monoisotopic (exact) mass is 1100 g/mol. The van der Waals surface area contributed by atoms with E-state index in [1.807, 2.05) is 0 Å². The average Bonchev–Trinajstić information content (AvgIpc) is 3.44. The third-order valence-electron chi connectivity index (χ3n) is 16.2. The molecule has 78 heavy (non-hydrogen) atoms. The summed E-state index contributed by atoms with van der Waals surface area (Å²) in [5.41, 5.74) is 0. The molecule has 0 bridgehead atoms. The molecule has 0 rings (SSSR count). The Bertz CT molecular complexity index is 1260. The number of esters is 3. The summed E-state index contributed by atoms with van der Waals surface area (Å²) in [7, 11) is 0. The average molecular weight is 1100 g/mol. The minimum absolute atomic E-state index is 0.0692. The zero-order chi connectivity index (χ0) is 56.4. The normalized spacial score (nSPS) is 12.1.